The number of carbonyl (C=O) groups is 1. The lowest BCUT2D eigenvalue weighted by molar-refractivity contribution is 0.0902. The van der Waals surface area contributed by atoms with Crippen LogP contribution in [-0.2, 0) is 20.0 Å². The molecule has 0 fully saturated rings. The third-order valence-electron chi connectivity index (χ3n) is 3.77. The SMILES string of the molecule is Cn1ncc2c1CCCC2NC(=O)c1ccc(CN)o1. The van der Waals surface area contributed by atoms with Crippen molar-refractivity contribution < 1.29 is 9.21 Å². The quantitative estimate of drug-likeness (QED) is 0.882. The van der Waals surface area contributed by atoms with Crippen LogP contribution in [-0.4, -0.2) is 15.7 Å². The van der Waals surface area contributed by atoms with Gasteiger partial charge in [0.1, 0.15) is 5.76 Å². The van der Waals surface area contributed by atoms with Gasteiger partial charge < -0.3 is 15.5 Å². The van der Waals surface area contributed by atoms with Gasteiger partial charge in [0.2, 0.25) is 0 Å². The molecule has 0 spiro atoms. The maximum absolute atomic E-state index is 12.2. The van der Waals surface area contributed by atoms with E-state index in [4.69, 9.17) is 10.2 Å². The average molecular weight is 274 g/mol. The van der Waals surface area contributed by atoms with Gasteiger partial charge in [-0.2, -0.15) is 5.10 Å². The summed E-state index contributed by atoms with van der Waals surface area (Å²) in [6, 6.07) is 3.39. The predicted octanol–water partition coefficient (Wildman–Crippen LogP) is 1.28. The number of aryl methyl sites for hydroxylation is 1. The van der Waals surface area contributed by atoms with Crippen molar-refractivity contribution in [3.63, 3.8) is 0 Å². The number of furan rings is 1. The third kappa shape index (κ3) is 2.22. The molecule has 2 aromatic heterocycles. The molecule has 0 aromatic carbocycles. The van der Waals surface area contributed by atoms with E-state index < -0.39 is 0 Å². The first kappa shape index (κ1) is 12.9. The van der Waals surface area contributed by atoms with Crippen molar-refractivity contribution in [1.82, 2.24) is 15.1 Å². The van der Waals surface area contributed by atoms with E-state index in [1.54, 1.807) is 12.1 Å². The van der Waals surface area contributed by atoms with Crippen molar-refractivity contribution in [2.45, 2.75) is 31.8 Å². The number of hydrogen-bond donors (Lipinski definition) is 2. The average Bonchev–Trinajstić information content (AvgIpc) is 3.07. The number of fused-ring (bicyclic) bond motifs is 1. The summed E-state index contributed by atoms with van der Waals surface area (Å²) in [5, 5.41) is 7.29. The number of nitrogens with one attached hydrogen (secondary N) is 1. The van der Waals surface area contributed by atoms with Crippen LogP contribution in [0.15, 0.2) is 22.7 Å². The van der Waals surface area contributed by atoms with Crippen LogP contribution in [0, 0.1) is 0 Å². The second-order valence-corrected chi connectivity index (χ2v) is 5.06. The van der Waals surface area contributed by atoms with Gasteiger partial charge in [0.05, 0.1) is 18.8 Å². The van der Waals surface area contributed by atoms with E-state index in [0.717, 1.165) is 24.8 Å². The topological polar surface area (TPSA) is 86.1 Å². The van der Waals surface area contributed by atoms with Gasteiger partial charge in [-0.05, 0) is 31.4 Å². The Morgan fingerprint density at radius 3 is 3.20 bits per heavy atom. The molecule has 0 bridgehead atoms. The molecule has 2 heterocycles. The van der Waals surface area contributed by atoms with Crippen molar-refractivity contribution in [1.29, 1.82) is 0 Å². The minimum atomic E-state index is -0.202. The van der Waals surface area contributed by atoms with Gasteiger partial charge in [0.25, 0.3) is 5.91 Å². The highest BCUT2D eigenvalue weighted by Gasteiger charge is 2.25. The number of nitrogens with zero attached hydrogens (tertiary/aromatic N) is 2. The van der Waals surface area contributed by atoms with Crippen LogP contribution >= 0.6 is 0 Å². The van der Waals surface area contributed by atoms with Gasteiger partial charge >= 0.3 is 0 Å². The zero-order valence-electron chi connectivity index (χ0n) is 11.4. The molecule has 6 nitrogen and oxygen atoms in total. The van der Waals surface area contributed by atoms with Crippen LogP contribution in [0.25, 0.3) is 0 Å². The van der Waals surface area contributed by atoms with E-state index in [-0.39, 0.29) is 11.9 Å². The smallest absolute Gasteiger partial charge is 0.287 e. The first-order valence-electron chi connectivity index (χ1n) is 6.79. The molecular weight excluding hydrogens is 256 g/mol. The highest BCUT2D eigenvalue weighted by Crippen LogP contribution is 2.29. The summed E-state index contributed by atoms with van der Waals surface area (Å²) in [5.41, 5.74) is 7.78. The maximum Gasteiger partial charge on any atom is 0.287 e. The van der Waals surface area contributed by atoms with Gasteiger partial charge in [0.15, 0.2) is 5.76 Å². The molecule has 2 aromatic rings. The van der Waals surface area contributed by atoms with Crippen LogP contribution in [0.2, 0.25) is 0 Å². The Labute approximate surface area is 116 Å². The van der Waals surface area contributed by atoms with Crippen molar-refractivity contribution in [2.75, 3.05) is 0 Å². The van der Waals surface area contributed by atoms with E-state index in [9.17, 15) is 4.79 Å². The summed E-state index contributed by atoms with van der Waals surface area (Å²) in [7, 11) is 1.93. The molecule has 1 unspecified atom stereocenters. The second-order valence-electron chi connectivity index (χ2n) is 5.06. The molecule has 0 radical (unpaired) electrons. The lowest BCUT2D eigenvalue weighted by Crippen LogP contribution is -2.30. The van der Waals surface area contributed by atoms with Crippen LogP contribution in [0.5, 0.6) is 0 Å². The molecule has 0 aliphatic heterocycles. The third-order valence-corrected chi connectivity index (χ3v) is 3.77. The normalized spacial score (nSPS) is 17.8. The molecule has 0 saturated heterocycles. The largest absolute Gasteiger partial charge is 0.455 e. The molecule has 20 heavy (non-hydrogen) atoms. The van der Waals surface area contributed by atoms with Crippen LogP contribution < -0.4 is 11.1 Å². The molecule has 1 aliphatic rings. The van der Waals surface area contributed by atoms with Crippen molar-refractivity contribution >= 4 is 5.91 Å². The first-order valence-corrected chi connectivity index (χ1v) is 6.79. The van der Waals surface area contributed by atoms with Crippen LogP contribution in [0.4, 0.5) is 0 Å². The lowest BCUT2D eigenvalue weighted by atomic mass is 9.93. The fourth-order valence-electron chi connectivity index (χ4n) is 2.70. The summed E-state index contributed by atoms with van der Waals surface area (Å²) < 4.78 is 7.25. The van der Waals surface area contributed by atoms with E-state index in [1.165, 1.54) is 5.69 Å². The molecular formula is C14H18N4O2. The minimum absolute atomic E-state index is 0.00590. The summed E-state index contributed by atoms with van der Waals surface area (Å²) in [6.07, 6.45) is 4.82. The fraction of sp³-hybridized carbons (Fsp3) is 0.429. The molecule has 6 heteroatoms. The van der Waals surface area contributed by atoms with Crippen molar-refractivity contribution in [3.05, 3.63) is 41.1 Å². The Bertz CT molecular complexity index is 629. The summed E-state index contributed by atoms with van der Waals surface area (Å²) in [6.45, 7) is 0.295. The number of rotatable bonds is 3. The summed E-state index contributed by atoms with van der Waals surface area (Å²) in [5.74, 6) is 0.716. The molecule has 0 saturated carbocycles. The highest BCUT2D eigenvalue weighted by molar-refractivity contribution is 5.91. The van der Waals surface area contributed by atoms with Gasteiger partial charge in [-0.1, -0.05) is 0 Å². The Morgan fingerprint density at radius 2 is 2.45 bits per heavy atom. The van der Waals surface area contributed by atoms with E-state index in [2.05, 4.69) is 10.4 Å². The number of carbonyl (C=O) groups excluding carboxylic acids is 1. The van der Waals surface area contributed by atoms with Crippen molar-refractivity contribution in [3.8, 4) is 0 Å². The molecule has 106 valence electrons. The molecule has 1 aliphatic carbocycles. The molecule has 3 N–H and O–H groups in total. The summed E-state index contributed by atoms with van der Waals surface area (Å²) in [4.78, 5) is 12.2. The fourth-order valence-corrected chi connectivity index (χ4v) is 2.70. The minimum Gasteiger partial charge on any atom is -0.455 e. The Hall–Kier alpha value is -2.08. The first-order chi connectivity index (χ1) is 9.69. The highest BCUT2D eigenvalue weighted by atomic mass is 16.4. The Morgan fingerprint density at radius 1 is 1.60 bits per heavy atom. The van der Waals surface area contributed by atoms with E-state index in [1.807, 2.05) is 17.9 Å². The Kier molecular flexibility index (Phi) is 3.31. The van der Waals surface area contributed by atoms with E-state index in [0.29, 0.717) is 18.1 Å². The maximum atomic E-state index is 12.2. The van der Waals surface area contributed by atoms with Crippen LogP contribution in [0.1, 0.15) is 46.5 Å². The van der Waals surface area contributed by atoms with Crippen molar-refractivity contribution in [2.24, 2.45) is 12.8 Å². The molecule has 1 atom stereocenters. The number of nitrogens with two attached hydrogens (primary N) is 1. The zero-order valence-corrected chi connectivity index (χ0v) is 11.4. The molecule has 3 rings (SSSR count). The summed E-state index contributed by atoms with van der Waals surface area (Å²) >= 11 is 0. The predicted molar refractivity (Wildman–Crippen MR) is 73.0 cm³/mol. The van der Waals surface area contributed by atoms with Gasteiger partial charge in [-0.3, -0.25) is 9.48 Å². The standard InChI is InChI=1S/C14H18N4O2/c1-18-12-4-2-3-11(10(12)8-16-18)17-14(19)13-6-5-9(7-15)20-13/h5-6,8,11H,2-4,7,15H2,1H3,(H,17,19). The van der Waals surface area contributed by atoms with Gasteiger partial charge in [-0.25, -0.2) is 0 Å². The van der Waals surface area contributed by atoms with Gasteiger partial charge in [-0.15, -0.1) is 0 Å². The van der Waals surface area contributed by atoms with Crippen LogP contribution in [0.3, 0.4) is 0 Å². The van der Waals surface area contributed by atoms with Gasteiger partial charge in [0, 0.05) is 18.3 Å². The molecule has 1 amide bonds. The number of aromatic nitrogens is 2. The number of hydrogen-bond acceptors (Lipinski definition) is 4. The number of amides is 1. The second kappa shape index (κ2) is 5.13. The monoisotopic (exact) mass is 274 g/mol. The lowest BCUT2D eigenvalue weighted by Gasteiger charge is -2.23. The van der Waals surface area contributed by atoms with E-state index >= 15 is 0 Å². The zero-order chi connectivity index (χ0) is 14.1. The Balaban J connectivity index is 1.77.